The lowest BCUT2D eigenvalue weighted by molar-refractivity contribution is -0.136. The minimum absolute atomic E-state index is 0.0684. The number of carboxylic acids is 1. The summed E-state index contributed by atoms with van der Waals surface area (Å²) in [7, 11) is -3.99. The fourth-order valence-electron chi connectivity index (χ4n) is 3.44. The molecule has 0 saturated heterocycles. The third kappa shape index (κ3) is 3.44. The van der Waals surface area contributed by atoms with Gasteiger partial charge in [-0.2, -0.15) is 12.2 Å². The molecular weight excluding hydrogens is 374 g/mol. The van der Waals surface area contributed by atoms with Gasteiger partial charge in [0.1, 0.15) is 0 Å². The molecule has 3 rings (SSSR count). The Hall–Kier alpha value is -2.05. The van der Waals surface area contributed by atoms with Crippen molar-refractivity contribution in [2.75, 3.05) is 3.82 Å². The average Bonchev–Trinajstić information content (AvgIpc) is 3.04. The van der Waals surface area contributed by atoms with Gasteiger partial charge in [-0.05, 0) is 47.6 Å². The number of carbonyl (C=O) groups is 1. The van der Waals surface area contributed by atoms with Crippen LogP contribution in [0.3, 0.4) is 0 Å². The molecule has 0 spiro atoms. The molecule has 1 atom stereocenters. The molecule has 0 fully saturated rings. The number of halogens is 1. The minimum Gasteiger partial charge on any atom is -0.481 e. The summed E-state index contributed by atoms with van der Waals surface area (Å²) in [4.78, 5) is 11.3. The molecule has 1 aliphatic rings. The van der Waals surface area contributed by atoms with Gasteiger partial charge in [0.2, 0.25) is 0 Å². The Morgan fingerprint density at radius 1 is 1.19 bits per heavy atom. The third-order valence-electron chi connectivity index (χ3n) is 4.81. The Balaban J connectivity index is 2.13. The zero-order valence-corrected chi connectivity index (χ0v) is 15.9. The van der Waals surface area contributed by atoms with E-state index >= 15 is 0 Å². The van der Waals surface area contributed by atoms with E-state index in [1.54, 1.807) is 24.3 Å². The van der Waals surface area contributed by atoms with Crippen molar-refractivity contribution in [2.24, 2.45) is 5.92 Å². The summed E-state index contributed by atoms with van der Waals surface area (Å²) in [5.41, 5.74) is 2.58. The maximum Gasteiger partial charge on any atom is 0.307 e. The summed E-state index contributed by atoms with van der Waals surface area (Å²) >= 11 is 6.35. The van der Waals surface area contributed by atoms with Crippen molar-refractivity contribution >= 4 is 33.5 Å². The summed E-state index contributed by atoms with van der Waals surface area (Å²) in [6, 6.07) is 11.5. The number of hydrogen-bond donors (Lipinski definition) is 1. The zero-order valence-electron chi connectivity index (χ0n) is 14.4. The molecule has 0 aromatic heterocycles. The van der Waals surface area contributed by atoms with Gasteiger partial charge in [0.25, 0.3) is 10.0 Å². The molecule has 2 aromatic rings. The third-order valence-corrected chi connectivity index (χ3v) is 7.00. The number of nitrogens with zero attached hydrogens (tertiary/aromatic N) is 1. The van der Waals surface area contributed by atoms with Crippen LogP contribution >= 0.6 is 11.8 Å². The van der Waals surface area contributed by atoms with Crippen LogP contribution in [0.15, 0.2) is 47.4 Å². The van der Waals surface area contributed by atoms with Crippen LogP contribution in [0.1, 0.15) is 30.0 Å². The van der Waals surface area contributed by atoms with Crippen molar-refractivity contribution in [3.8, 4) is 0 Å². The largest absolute Gasteiger partial charge is 0.481 e. The summed E-state index contributed by atoms with van der Waals surface area (Å²) < 4.78 is 26.7. The van der Waals surface area contributed by atoms with Gasteiger partial charge < -0.3 is 5.11 Å². The first kappa shape index (κ1) is 18.7. The molecule has 26 heavy (non-hydrogen) atoms. The molecule has 0 amide bonds. The maximum absolute atomic E-state index is 13.0. The number of benzene rings is 2. The molecule has 2 aromatic carbocycles. The van der Waals surface area contributed by atoms with Gasteiger partial charge in [-0.3, -0.25) is 4.79 Å². The summed E-state index contributed by atoms with van der Waals surface area (Å²) in [5.74, 6) is -0.619. The molecule has 5 nitrogen and oxygen atoms in total. The van der Waals surface area contributed by atoms with Crippen LogP contribution in [0, 0.1) is 5.92 Å². The number of anilines is 1. The quantitative estimate of drug-likeness (QED) is 0.757. The first-order valence-electron chi connectivity index (χ1n) is 8.46. The van der Waals surface area contributed by atoms with Crippen molar-refractivity contribution in [1.82, 2.24) is 0 Å². The van der Waals surface area contributed by atoms with Gasteiger partial charge in [-0.15, -0.1) is 0 Å². The molecule has 0 heterocycles. The molecule has 0 saturated carbocycles. The molecule has 138 valence electrons. The topological polar surface area (TPSA) is 74.7 Å². The molecule has 1 unspecified atom stereocenters. The van der Waals surface area contributed by atoms with Gasteiger partial charge in [-0.1, -0.05) is 43.7 Å². The van der Waals surface area contributed by atoms with Crippen LogP contribution < -0.4 is 3.82 Å². The van der Waals surface area contributed by atoms with Gasteiger partial charge in [0.05, 0.1) is 17.0 Å². The van der Waals surface area contributed by atoms with Crippen molar-refractivity contribution in [3.05, 3.63) is 59.2 Å². The highest BCUT2D eigenvalue weighted by Crippen LogP contribution is 2.41. The van der Waals surface area contributed by atoms with Crippen molar-refractivity contribution in [3.63, 3.8) is 0 Å². The van der Waals surface area contributed by atoms with Crippen LogP contribution in [0.4, 0.5) is 5.69 Å². The molecular formula is C19H20ClNO4S. The first-order chi connectivity index (χ1) is 12.3. The standard InChI is InChI=1S/C19H20ClNO4S/c1-2-13-10-14-8-9-15(12-18(22)23)19(17(14)11-13)21(20)26(24,25)16-6-4-3-5-7-16/h3-9,13H,2,10-12H2,1H3,(H,22,23). The summed E-state index contributed by atoms with van der Waals surface area (Å²) in [6.07, 6.45) is 2.23. The predicted molar refractivity (Wildman–Crippen MR) is 101 cm³/mol. The maximum atomic E-state index is 13.0. The van der Waals surface area contributed by atoms with Crippen LogP contribution in [-0.4, -0.2) is 19.5 Å². The Morgan fingerprint density at radius 2 is 1.88 bits per heavy atom. The molecule has 0 radical (unpaired) electrons. The molecule has 0 aliphatic heterocycles. The van der Waals surface area contributed by atoms with E-state index in [9.17, 15) is 18.3 Å². The fourth-order valence-corrected chi connectivity index (χ4v) is 5.04. The summed E-state index contributed by atoms with van der Waals surface area (Å²) in [6.45, 7) is 2.09. The van der Waals surface area contributed by atoms with Crippen LogP contribution in [0.5, 0.6) is 0 Å². The first-order valence-corrected chi connectivity index (χ1v) is 10.2. The van der Waals surface area contributed by atoms with E-state index in [-0.39, 0.29) is 11.3 Å². The van der Waals surface area contributed by atoms with Crippen LogP contribution in [0.2, 0.25) is 0 Å². The fraction of sp³-hybridized carbons (Fsp3) is 0.316. The smallest absolute Gasteiger partial charge is 0.307 e. The number of carboxylic acid groups (broad SMARTS) is 1. The second-order valence-corrected chi connectivity index (χ2v) is 8.82. The van der Waals surface area contributed by atoms with Gasteiger partial charge >= 0.3 is 5.97 Å². The molecule has 1 N–H and O–H groups in total. The minimum atomic E-state index is -3.99. The molecule has 7 heteroatoms. The van der Waals surface area contributed by atoms with E-state index < -0.39 is 16.0 Å². The summed E-state index contributed by atoms with van der Waals surface area (Å²) in [5, 5.41) is 9.23. The second-order valence-electron chi connectivity index (χ2n) is 6.50. The monoisotopic (exact) mass is 393 g/mol. The number of sulfonamides is 1. The average molecular weight is 394 g/mol. The Morgan fingerprint density at radius 3 is 2.50 bits per heavy atom. The van der Waals surface area contributed by atoms with Crippen LogP contribution in [-0.2, 0) is 34.1 Å². The van der Waals surface area contributed by atoms with Gasteiger partial charge in [-0.25, -0.2) is 0 Å². The normalized spacial score (nSPS) is 16.3. The lowest BCUT2D eigenvalue weighted by atomic mass is 10.0. The molecule has 0 bridgehead atoms. The Kier molecular flexibility index (Phi) is 5.25. The Bertz CT molecular complexity index is 928. The van der Waals surface area contributed by atoms with Crippen molar-refractivity contribution < 1.29 is 18.3 Å². The van der Waals surface area contributed by atoms with E-state index in [0.29, 0.717) is 23.6 Å². The van der Waals surface area contributed by atoms with Crippen molar-refractivity contribution in [2.45, 2.75) is 37.5 Å². The number of aliphatic carboxylic acids is 1. The highest BCUT2D eigenvalue weighted by Gasteiger charge is 2.32. The van der Waals surface area contributed by atoms with Crippen LogP contribution in [0.25, 0.3) is 0 Å². The van der Waals surface area contributed by atoms with Gasteiger partial charge in [0.15, 0.2) is 0 Å². The number of fused-ring (bicyclic) bond motifs is 1. The van der Waals surface area contributed by atoms with Crippen molar-refractivity contribution in [1.29, 1.82) is 0 Å². The van der Waals surface area contributed by atoms with E-state index in [2.05, 4.69) is 6.92 Å². The molecule has 1 aliphatic carbocycles. The van der Waals surface area contributed by atoms with E-state index in [0.717, 1.165) is 27.8 Å². The zero-order chi connectivity index (χ0) is 18.9. The van der Waals surface area contributed by atoms with E-state index in [1.807, 2.05) is 6.07 Å². The van der Waals surface area contributed by atoms with Gasteiger partial charge in [0, 0.05) is 11.8 Å². The highest BCUT2D eigenvalue weighted by molar-refractivity contribution is 7.94. The lowest BCUT2D eigenvalue weighted by Gasteiger charge is -2.22. The van der Waals surface area contributed by atoms with E-state index in [4.69, 9.17) is 11.8 Å². The number of rotatable bonds is 6. The number of hydrogen-bond acceptors (Lipinski definition) is 3. The Labute approximate surface area is 158 Å². The second kappa shape index (κ2) is 7.29. The van der Waals surface area contributed by atoms with E-state index in [1.165, 1.54) is 12.1 Å². The SMILES string of the molecule is CCC1Cc2ccc(CC(=O)O)c(N(Cl)S(=O)(=O)c3ccccc3)c2C1. The lowest BCUT2D eigenvalue weighted by Crippen LogP contribution is -2.24. The highest BCUT2D eigenvalue weighted by atomic mass is 35.5. The predicted octanol–water partition coefficient (Wildman–Crippen LogP) is 3.79.